The highest BCUT2D eigenvalue weighted by molar-refractivity contribution is 7.89. The van der Waals surface area contributed by atoms with Crippen molar-refractivity contribution in [2.75, 3.05) is 19.4 Å². The Balaban J connectivity index is 2.43. The summed E-state index contributed by atoms with van der Waals surface area (Å²) in [5.74, 6) is -3.15. The number of amides is 1. The van der Waals surface area contributed by atoms with Gasteiger partial charge in [-0.1, -0.05) is 12.1 Å². The minimum Gasteiger partial charge on any atom is -0.478 e. The fourth-order valence-electron chi connectivity index (χ4n) is 2.02. The van der Waals surface area contributed by atoms with Crippen LogP contribution >= 0.6 is 0 Å². The summed E-state index contributed by atoms with van der Waals surface area (Å²) in [6, 6.07) is 8.43. The summed E-state index contributed by atoms with van der Waals surface area (Å²) in [5, 5.41) is 11.4. The molecule has 0 aliphatic rings. The molecule has 9 heteroatoms. The van der Waals surface area contributed by atoms with Crippen LogP contribution < -0.4 is 5.32 Å². The van der Waals surface area contributed by atoms with Gasteiger partial charge in [0.1, 0.15) is 5.82 Å². The number of nitrogens with one attached hydrogen (secondary N) is 1. The van der Waals surface area contributed by atoms with E-state index in [9.17, 15) is 22.4 Å². The fourth-order valence-corrected chi connectivity index (χ4v) is 2.95. The average Bonchev–Trinajstić information content (AvgIpc) is 2.55. The maximum atomic E-state index is 14.0. The Kier molecular flexibility index (Phi) is 5.19. The van der Waals surface area contributed by atoms with Crippen LogP contribution in [0.3, 0.4) is 0 Å². The Morgan fingerprint density at radius 1 is 1.08 bits per heavy atom. The summed E-state index contributed by atoms with van der Waals surface area (Å²) < 4.78 is 39.1. The number of hydrogen-bond acceptors (Lipinski definition) is 4. The van der Waals surface area contributed by atoms with E-state index < -0.39 is 33.3 Å². The summed E-state index contributed by atoms with van der Waals surface area (Å²) in [5.41, 5.74) is -0.711. The molecule has 0 atom stereocenters. The van der Waals surface area contributed by atoms with Crippen molar-refractivity contribution in [3.05, 3.63) is 59.4 Å². The molecule has 2 aromatic carbocycles. The minimum absolute atomic E-state index is 0.0275. The number of nitrogens with zero attached hydrogens (tertiary/aromatic N) is 1. The summed E-state index contributed by atoms with van der Waals surface area (Å²) >= 11 is 0. The van der Waals surface area contributed by atoms with Crippen molar-refractivity contribution in [3.8, 4) is 0 Å². The minimum atomic E-state index is -3.85. The van der Waals surface area contributed by atoms with E-state index in [0.717, 1.165) is 22.5 Å². The zero-order valence-electron chi connectivity index (χ0n) is 13.4. The zero-order chi connectivity index (χ0) is 18.8. The Morgan fingerprint density at radius 2 is 1.72 bits per heavy atom. The lowest BCUT2D eigenvalue weighted by Crippen LogP contribution is -2.23. The van der Waals surface area contributed by atoms with Crippen molar-refractivity contribution in [1.29, 1.82) is 0 Å². The molecular formula is C16H15FN2O5S. The maximum absolute atomic E-state index is 14.0. The Morgan fingerprint density at radius 3 is 2.32 bits per heavy atom. The molecule has 0 saturated heterocycles. The molecule has 0 fully saturated rings. The maximum Gasteiger partial charge on any atom is 0.337 e. The number of rotatable bonds is 5. The lowest BCUT2D eigenvalue weighted by Gasteiger charge is -2.13. The van der Waals surface area contributed by atoms with Gasteiger partial charge in [-0.3, -0.25) is 4.79 Å². The smallest absolute Gasteiger partial charge is 0.337 e. The third-order valence-corrected chi connectivity index (χ3v) is 5.18. The quantitative estimate of drug-likeness (QED) is 0.843. The van der Waals surface area contributed by atoms with Crippen molar-refractivity contribution in [2.45, 2.75) is 4.90 Å². The van der Waals surface area contributed by atoms with Crippen molar-refractivity contribution in [3.63, 3.8) is 0 Å². The van der Waals surface area contributed by atoms with Gasteiger partial charge in [-0.2, -0.15) is 0 Å². The van der Waals surface area contributed by atoms with Crippen LogP contribution in [0.4, 0.5) is 10.1 Å². The van der Waals surface area contributed by atoms with Gasteiger partial charge in [-0.25, -0.2) is 21.9 Å². The first-order valence-corrected chi connectivity index (χ1v) is 8.44. The molecule has 0 aliphatic heterocycles. The molecule has 0 aliphatic carbocycles. The van der Waals surface area contributed by atoms with E-state index in [2.05, 4.69) is 5.32 Å². The van der Waals surface area contributed by atoms with Crippen LogP contribution in [0.5, 0.6) is 0 Å². The number of aromatic carboxylic acids is 1. The van der Waals surface area contributed by atoms with Crippen LogP contribution in [-0.4, -0.2) is 43.8 Å². The van der Waals surface area contributed by atoms with Crippen LogP contribution in [-0.2, 0) is 10.0 Å². The topological polar surface area (TPSA) is 104 Å². The predicted octanol–water partition coefficient (Wildman–Crippen LogP) is 2.03. The van der Waals surface area contributed by atoms with Crippen molar-refractivity contribution < 1.29 is 27.5 Å². The van der Waals surface area contributed by atoms with Gasteiger partial charge in [0.15, 0.2) is 0 Å². The van der Waals surface area contributed by atoms with Gasteiger partial charge in [0.25, 0.3) is 5.91 Å². The number of hydrogen-bond donors (Lipinski definition) is 2. The zero-order valence-corrected chi connectivity index (χ0v) is 14.2. The standard InChI is InChI=1S/C16H15FN2O5S/c1-19(2)25(23,24)10-7-8-13(17)12(9-10)15(20)18-14-6-4-3-5-11(14)16(21)22/h3-9H,1-2H3,(H,18,20)(H,21,22). The first-order valence-electron chi connectivity index (χ1n) is 7.00. The number of carbonyl (C=O) groups is 2. The normalized spacial score (nSPS) is 11.4. The molecule has 2 N–H and O–H groups in total. The lowest BCUT2D eigenvalue weighted by molar-refractivity contribution is 0.0698. The second kappa shape index (κ2) is 6.99. The molecule has 0 heterocycles. The monoisotopic (exact) mass is 366 g/mol. The van der Waals surface area contributed by atoms with E-state index in [1.807, 2.05) is 0 Å². The third kappa shape index (κ3) is 3.83. The molecular weight excluding hydrogens is 351 g/mol. The number of sulfonamides is 1. The summed E-state index contributed by atoms with van der Waals surface area (Å²) in [7, 11) is -1.24. The van der Waals surface area contributed by atoms with Crippen LogP contribution in [0.15, 0.2) is 47.4 Å². The Labute approximate surface area is 143 Å². The molecule has 2 aromatic rings. The van der Waals surface area contributed by atoms with Gasteiger partial charge in [0, 0.05) is 14.1 Å². The number of anilines is 1. The highest BCUT2D eigenvalue weighted by Crippen LogP contribution is 2.20. The van der Waals surface area contributed by atoms with E-state index >= 15 is 0 Å². The van der Waals surface area contributed by atoms with Gasteiger partial charge in [0.05, 0.1) is 21.7 Å². The number of para-hydroxylation sites is 1. The molecule has 7 nitrogen and oxygen atoms in total. The summed E-state index contributed by atoms with van der Waals surface area (Å²) in [6.07, 6.45) is 0. The highest BCUT2D eigenvalue weighted by Gasteiger charge is 2.22. The molecule has 0 saturated carbocycles. The van der Waals surface area contributed by atoms with Crippen molar-refractivity contribution in [1.82, 2.24) is 4.31 Å². The van der Waals surface area contributed by atoms with Crippen LogP contribution in [0.25, 0.3) is 0 Å². The van der Waals surface area contributed by atoms with Crippen molar-refractivity contribution >= 4 is 27.6 Å². The Hall–Kier alpha value is -2.78. The van der Waals surface area contributed by atoms with E-state index in [0.29, 0.717) is 0 Å². The number of carboxylic acids is 1. The molecule has 132 valence electrons. The van der Waals surface area contributed by atoms with E-state index in [4.69, 9.17) is 5.11 Å². The first kappa shape index (κ1) is 18.6. The van der Waals surface area contributed by atoms with E-state index in [1.54, 1.807) is 0 Å². The number of carboxylic acid groups (broad SMARTS) is 1. The number of halogens is 1. The number of carbonyl (C=O) groups excluding carboxylic acids is 1. The third-order valence-electron chi connectivity index (χ3n) is 3.37. The highest BCUT2D eigenvalue weighted by atomic mass is 32.2. The van der Waals surface area contributed by atoms with E-state index in [-0.39, 0.29) is 16.1 Å². The summed E-state index contributed by atoms with van der Waals surface area (Å²) in [4.78, 5) is 23.2. The Bertz CT molecular complexity index is 941. The molecule has 1 amide bonds. The number of benzene rings is 2. The average molecular weight is 366 g/mol. The molecule has 0 aromatic heterocycles. The molecule has 2 rings (SSSR count). The van der Waals surface area contributed by atoms with E-state index in [1.165, 1.54) is 38.4 Å². The van der Waals surface area contributed by atoms with Gasteiger partial charge >= 0.3 is 5.97 Å². The molecule has 0 radical (unpaired) electrons. The second-order valence-corrected chi connectivity index (χ2v) is 7.39. The van der Waals surface area contributed by atoms with Crippen LogP contribution in [0.2, 0.25) is 0 Å². The van der Waals surface area contributed by atoms with Crippen LogP contribution in [0, 0.1) is 5.82 Å². The van der Waals surface area contributed by atoms with Gasteiger partial charge in [-0.05, 0) is 30.3 Å². The second-order valence-electron chi connectivity index (χ2n) is 5.23. The van der Waals surface area contributed by atoms with Gasteiger partial charge < -0.3 is 10.4 Å². The predicted molar refractivity (Wildman–Crippen MR) is 88.6 cm³/mol. The molecule has 25 heavy (non-hydrogen) atoms. The largest absolute Gasteiger partial charge is 0.478 e. The SMILES string of the molecule is CN(C)S(=O)(=O)c1ccc(F)c(C(=O)Nc2ccccc2C(=O)O)c1. The molecule has 0 bridgehead atoms. The van der Waals surface area contributed by atoms with Gasteiger partial charge in [-0.15, -0.1) is 0 Å². The lowest BCUT2D eigenvalue weighted by atomic mass is 10.1. The van der Waals surface area contributed by atoms with Crippen molar-refractivity contribution in [2.24, 2.45) is 0 Å². The fraction of sp³-hybridized carbons (Fsp3) is 0.125. The molecule has 0 spiro atoms. The van der Waals surface area contributed by atoms with Crippen LogP contribution in [0.1, 0.15) is 20.7 Å². The van der Waals surface area contributed by atoms with Gasteiger partial charge in [0.2, 0.25) is 10.0 Å². The first-order chi connectivity index (χ1) is 11.6. The molecule has 0 unspecified atom stereocenters. The summed E-state index contributed by atoms with van der Waals surface area (Å²) in [6.45, 7) is 0.